The number of hydrogen-bond acceptors (Lipinski definition) is 2. The van der Waals surface area contributed by atoms with E-state index >= 15 is 0 Å². The number of hydrogen-bond donors (Lipinski definition) is 0. The van der Waals surface area contributed by atoms with Gasteiger partial charge in [0, 0.05) is 6.42 Å². The Kier molecular flexibility index (Phi) is 2.80. The summed E-state index contributed by atoms with van der Waals surface area (Å²) in [7, 11) is 1.48. The topological polar surface area (TPSA) is 26.3 Å². The van der Waals surface area contributed by atoms with Crippen LogP contribution < -0.4 is 0 Å². The zero-order valence-corrected chi connectivity index (χ0v) is 9.05. The lowest BCUT2D eigenvalue weighted by Crippen LogP contribution is -2.34. The molecule has 0 aromatic carbocycles. The Bertz CT molecular complexity index is 201. The molecule has 0 atom stereocenters. The molecule has 3 aliphatic carbocycles. The maximum atomic E-state index is 11.1. The van der Waals surface area contributed by atoms with Gasteiger partial charge in [-0.2, -0.15) is 0 Å². The Balaban J connectivity index is 1.86. The largest absolute Gasteiger partial charge is 0.469 e. The summed E-state index contributed by atoms with van der Waals surface area (Å²) >= 11 is 0. The molecule has 0 saturated heterocycles. The molecule has 2 heteroatoms. The minimum atomic E-state index is -0.0351. The molecule has 3 saturated carbocycles. The van der Waals surface area contributed by atoms with Crippen LogP contribution in [0, 0.1) is 11.3 Å². The molecule has 2 nitrogen and oxygen atoms in total. The average Bonchev–Trinajstić information content (AvgIpc) is 2.28. The zero-order valence-electron chi connectivity index (χ0n) is 9.05. The molecular formula is C12H20O2. The summed E-state index contributed by atoms with van der Waals surface area (Å²) in [6, 6.07) is 0. The summed E-state index contributed by atoms with van der Waals surface area (Å²) in [5.74, 6) is 0.974. The molecular weight excluding hydrogens is 176 g/mol. The minimum Gasteiger partial charge on any atom is -0.469 e. The van der Waals surface area contributed by atoms with Crippen LogP contribution >= 0.6 is 0 Å². The number of rotatable bonds is 3. The maximum absolute atomic E-state index is 11.1. The van der Waals surface area contributed by atoms with E-state index in [9.17, 15) is 4.79 Å². The predicted molar refractivity (Wildman–Crippen MR) is 54.9 cm³/mol. The summed E-state index contributed by atoms with van der Waals surface area (Å²) in [6.45, 7) is 0. The molecule has 0 aromatic rings. The lowest BCUT2D eigenvalue weighted by molar-refractivity contribution is -0.141. The van der Waals surface area contributed by atoms with Gasteiger partial charge in [-0.05, 0) is 56.3 Å². The molecule has 0 amide bonds. The first-order chi connectivity index (χ1) is 6.74. The molecule has 0 radical (unpaired) electrons. The Morgan fingerprint density at radius 2 is 1.86 bits per heavy atom. The number of ether oxygens (including phenoxy) is 1. The first-order valence-corrected chi connectivity index (χ1v) is 5.81. The van der Waals surface area contributed by atoms with E-state index < -0.39 is 0 Å². The summed E-state index contributed by atoms with van der Waals surface area (Å²) in [6.07, 6.45) is 9.97. The van der Waals surface area contributed by atoms with E-state index in [1.807, 2.05) is 0 Å². The third-order valence-electron chi connectivity index (χ3n) is 4.34. The van der Waals surface area contributed by atoms with E-state index in [4.69, 9.17) is 4.74 Å². The summed E-state index contributed by atoms with van der Waals surface area (Å²) in [5, 5.41) is 0. The second-order valence-corrected chi connectivity index (χ2v) is 5.06. The lowest BCUT2D eigenvalue weighted by Gasteiger charge is -2.46. The normalized spacial score (nSPS) is 35.6. The van der Waals surface area contributed by atoms with Gasteiger partial charge in [0.05, 0.1) is 7.11 Å². The van der Waals surface area contributed by atoms with E-state index in [-0.39, 0.29) is 5.97 Å². The van der Waals surface area contributed by atoms with Gasteiger partial charge in [0.1, 0.15) is 0 Å². The molecule has 0 aliphatic heterocycles. The Hall–Kier alpha value is -0.530. The van der Waals surface area contributed by atoms with Gasteiger partial charge >= 0.3 is 5.97 Å². The molecule has 3 rings (SSSR count). The van der Waals surface area contributed by atoms with Crippen LogP contribution in [0.25, 0.3) is 0 Å². The molecule has 14 heavy (non-hydrogen) atoms. The number of carbonyl (C=O) groups excluding carboxylic acids is 1. The van der Waals surface area contributed by atoms with Crippen molar-refractivity contribution in [1.82, 2.24) is 0 Å². The van der Waals surface area contributed by atoms with Gasteiger partial charge in [-0.25, -0.2) is 0 Å². The van der Waals surface area contributed by atoms with Crippen LogP contribution in [-0.2, 0) is 9.53 Å². The van der Waals surface area contributed by atoms with E-state index in [1.54, 1.807) is 0 Å². The van der Waals surface area contributed by atoms with Crippen molar-refractivity contribution in [1.29, 1.82) is 0 Å². The van der Waals surface area contributed by atoms with Crippen molar-refractivity contribution in [2.24, 2.45) is 11.3 Å². The van der Waals surface area contributed by atoms with Gasteiger partial charge in [-0.1, -0.05) is 0 Å². The number of fused-ring (bicyclic) bond motifs is 3. The molecule has 0 heterocycles. The zero-order chi connectivity index (χ0) is 10.0. The smallest absolute Gasteiger partial charge is 0.305 e. The van der Waals surface area contributed by atoms with E-state index in [1.165, 1.54) is 45.6 Å². The highest BCUT2D eigenvalue weighted by molar-refractivity contribution is 5.69. The standard InChI is InChI=1S/C12H20O2/c1-14-11(13)5-9-12-6-2-10(3-7-12)4-8-12/h10H,2-9H2,1H3. The lowest BCUT2D eigenvalue weighted by atomic mass is 9.59. The van der Waals surface area contributed by atoms with Gasteiger partial charge < -0.3 is 4.74 Å². The molecule has 80 valence electrons. The van der Waals surface area contributed by atoms with Gasteiger partial charge in [0.15, 0.2) is 0 Å². The number of esters is 1. The monoisotopic (exact) mass is 196 g/mol. The van der Waals surface area contributed by atoms with Crippen molar-refractivity contribution in [2.45, 2.75) is 51.4 Å². The van der Waals surface area contributed by atoms with Gasteiger partial charge in [-0.15, -0.1) is 0 Å². The van der Waals surface area contributed by atoms with Crippen molar-refractivity contribution in [2.75, 3.05) is 7.11 Å². The molecule has 3 aliphatic rings. The highest BCUT2D eigenvalue weighted by Gasteiger charge is 2.40. The first-order valence-electron chi connectivity index (χ1n) is 5.81. The molecule has 0 N–H and O–H groups in total. The first kappa shape index (κ1) is 10.0. The second-order valence-electron chi connectivity index (χ2n) is 5.06. The third-order valence-corrected chi connectivity index (χ3v) is 4.34. The van der Waals surface area contributed by atoms with E-state index in [0.29, 0.717) is 11.8 Å². The van der Waals surface area contributed by atoms with Crippen molar-refractivity contribution >= 4 is 5.97 Å². The van der Waals surface area contributed by atoms with Gasteiger partial charge in [0.2, 0.25) is 0 Å². The van der Waals surface area contributed by atoms with Crippen LogP contribution in [0.15, 0.2) is 0 Å². The van der Waals surface area contributed by atoms with Crippen LogP contribution in [0.4, 0.5) is 0 Å². The highest BCUT2D eigenvalue weighted by Crippen LogP contribution is 2.52. The van der Waals surface area contributed by atoms with Crippen molar-refractivity contribution < 1.29 is 9.53 Å². The quantitative estimate of drug-likeness (QED) is 0.649. The van der Waals surface area contributed by atoms with Crippen molar-refractivity contribution in [3.8, 4) is 0 Å². The second kappa shape index (κ2) is 3.92. The molecule has 2 bridgehead atoms. The number of carbonyl (C=O) groups is 1. The Morgan fingerprint density at radius 1 is 1.29 bits per heavy atom. The molecule has 0 aromatic heterocycles. The Morgan fingerprint density at radius 3 is 2.36 bits per heavy atom. The van der Waals surface area contributed by atoms with Gasteiger partial charge in [-0.3, -0.25) is 4.79 Å². The third kappa shape index (κ3) is 1.94. The van der Waals surface area contributed by atoms with Crippen LogP contribution in [-0.4, -0.2) is 13.1 Å². The van der Waals surface area contributed by atoms with Crippen molar-refractivity contribution in [3.05, 3.63) is 0 Å². The predicted octanol–water partition coefficient (Wildman–Crippen LogP) is 2.91. The Labute approximate surface area is 86.0 Å². The summed E-state index contributed by atoms with van der Waals surface area (Å²) in [4.78, 5) is 11.1. The van der Waals surface area contributed by atoms with Crippen LogP contribution in [0.1, 0.15) is 51.4 Å². The molecule has 0 spiro atoms. The van der Waals surface area contributed by atoms with Crippen LogP contribution in [0.5, 0.6) is 0 Å². The summed E-state index contributed by atoms with van der Waals surface area (Å²) < 4.78 is 4.70. The maximum Gasteiger partial charge on any atom is 0.305 e. The average molecular weight is 196 g/mol. The van der Waals surface area contributed by atoms with Crippen LogP contribution in [0.3, 0.4) is 0 Å². The number of methoxy groups -OCH3 is 1. The van der Waals surface area contributed by atoms with E-state index in [2.05, 4.69) is 0 Å². The molecule has 3 fully saturated rings. The fourth-order valence-electron chi connectivity index (χ4n) is 3.18. The molecule has 0 unspecified atom stereocenters. The van der Waals surface area contributed by atoms with Crippen molar-refractivity contribution in [3.63, 3.8) is 0 Å². The fraction of sp³-hybridized carbons (Fsp3) is 0.917. The fourth-order valence-corrected chi connectivity index (χ4v) is 3.18. The van der Waals surface area contributed by atoms with E-state index in [0.717, 1.165) is 12.3 Å². The van der Waals surface area contributed by atoms with Crippen LogP contribution in [0.2, 0.25) is 0 Å². The SMILES string of the molecule is COC(=O)CCC12CCC(CC1)CC2. The summed E-state index contributed by atoms with van der Waals surface area (Å²) in [5.41, 5.74) is 0.517. The van der Waals surface area contributed by atoms with Gasteiger partial charge in [0.25, 0.3) is 0 Å². The minimum absolute atomic E-state index is 0.0351. The highest BCUT2D eigenvalue weighted by atomic mass is 16.5.